The van der Waals surface area contributed by atoms with E-state index in [-0.39, 0.29) is 0 Å². The Morgan fingerprint density at radius 1 is 1.39 bits per heavy atom. The summed E-state index contributed by atoms with van der Waals surface area (Å²) in [6.07, 6.45) is 1.60. The summed E-state index contributed by atoms with van der Waals surface area (Å²) < 4.78 is 5.64. The predicted molar refractivity (Wildman–Crippen MR) is 78.9 cm³/mol. The molecule has 1 aromatic carbocycles. The third-order valence-corrected chi connectivity index (χ3v) is 4.26. The van der Waals surface area contributed by atoms with Crippen molar-refractivity contribution in [1.82, 2.24) is 5.32 Å². The molecule has 2 rings (SSSR count). The van der Waals surface area contributed by atoms with Gasteiger partial charge in [0.25, 0.3) is 0 Å². The van der Waals surface area contributed by atoms with Gasteiger partial charge in [-0.05, 0) is 37.1 Å². The average molecular weight is 265 g/mol. The molecule has 100 valence electrons. The van der Waals surface area contributed by atoms with Crippen LogP contribution in [0.15, 0.2) is 24.3 Å². The zero-order valence-electron chi connectivity index (χ0n) is 11.3. The van der Waals surface area contributed by atoms with Gasteiger partial charge in [0.2, 0.25) is 0 Å². The zero-order valence-corrected chi connectivity index (χ0v) is 12.1. The predicted octanol–water partition coefficient (Wildman–Crippen LogP) is 3.21. The lowest BCUT2D eigenvalue weighted by Crippen LogP contribution is -2.27. The van der Waals surface area contributed by atoms with Crippen molar-refractivity contribution in [3.8, 4) is 0 Å². The second-order valence-corrected chi connectivity index (χ2v) is 6.27. The largest absolute Gasteiger partial charge is 0.374 e. The molecule has 1 saturated heterocycles. The molecule has 1 atom stereocenters. The normalized spacial score (nSPS) is 19.6. The molecule has 0 unspecified atom stereocenters. The molecule has 1 aliphatic heterocycles. The van der Waals surface area contributed by atoms with Crippen LogP contribution in [0.4, 0.5) is 0 Å². The van der Waals surface area contributed by atoms with E-state index in [0.717, 1.165) is 6.54 Å². The smallest absolute Gasteiger partial charge is 0.0720 e. The lowest BCUT2D eigenvalue weighted by atomic mass is 10.1. The second kappa shape index (κ2) is 7.17. The minimum absolute atomic E-state index is 0.294. The van der Waals surface area contributed by atoms with Crippen molar-refractivity contribution in [3.05, 3.63) is 35.4 Å². The van der Waals surface area contributed by atoms with Crippen LogP contribution in [-0.2, 0) is 17.9 Å². The number of rotatable bonds is 6. The monoisotopic (exact) mass is 265 g/mol. The van der Waals surface area contributed by atoms with Crippen LogP contribution in [-0.4, -0.2) is 23.7 Å². The highest BCUT2D eigenvalue weighted by molar-refractivity contribution is 7.99. The van der Waals surface area contributed by atoms with E-state index in [1.807, 2.05) is 11.8 Å². The number of hydrogen-bond donors (Lipinski definition) is 1. The Kier molecular flexibility index (Phi) is 5.54. The van der Waals surface area contributed by atoms with Crippen LogP contribution in [0.5, 0.6) is 0 Å². The second-order valence-electron chi connectivity index (χ2n) is 5.12. The van der Waals surface area contributed by atoms with Gasteiger partial charge < -0.3 is 10.1 Å². The third kappa shape index (κ3) is 4.63. The maximum Gasteiger partial charge on any atom is 0.0720 e. The molecular formula is C15H23NOS. The molecule has 1 aliphatic rings. The number of ether oxygens (including phenoxy) is 1. The molecular weight excluding hydrogens is 242 g/mol. The molecule has 1 heterocycles. The maximum absolute atomic E-state index is 5.64. The fourth-order valence-electron chi connectivity index (χ4n) is 2.05. The number of hydrogen-bond acceptors (Lipinski definition) is 3. The van der Waals surface area contributed by atoms with Crippen molar-refractivity contribution in [2.45, 2.75) is 45.6 Å². The molecule has 0 amide bonds. The summed E-state index contributed by atoms with van der Waals surface area (Å²) >= 11 is 2.05. The van der Waals surface area contributed by atoms with Crippen LogP contribution >= 0.6 is 11.8 Å². The molecule has 1 fully saturated rings. The lowest BCUT2D eigenvalue weighted by molar-refractivity contribution is 0.0657. The SMILES string of the molecule is CC(C)OCc1cccc(CN[C@H]2CCSC2)c1. The zero-order chi connectivity index (χ0) is 12.8. The Morgan fingerprint density at radius 3 is 2.94 bits per heavy atom. The summed E-state index contributed by atoms with van der Waals surface area (Å²) in [4.78, 5) is 0. The first-order chi connectivity index (χ1) is 8.74. The van der Waals surface area contributed by atoms with Gasteiger partial charge in [0.15, 0.2) is 0 Å². The van der Waals surface area contributed by atoms with Crippen LogP contribution in [0.25, 0.3) is 0 Å². The fourth-order valence-corrected chi connectivity index (χ4v) is 3.24. The Hall–Kier alpha value is -0.510. The standard InChI is InChI=1S/C15H23NOS/c1-12(2)17-10-14-5-3-4-13(8-14)9-16-15-6-7-18-11-15/h3-5,8,12,15-16H,6-7,9-11H2,1-2H3/t15-/m0/s1. The summed E-state index contributed by atoms with van der Waals surface area (Å²) in [5.41, 5.74) is 2.63. The van der Waals surface area contributed by atoms with Crippen LogP contribution in [0.3, 0.4) is 0 Å². The highest BCUT2D eigenvalue weighted by Gasteiger charge is 2.14. The highest BCUT2D eigenvalue weighted by atomic mass is 32.2. The van der Waals surface area contributed by atoms with Crippen molar-refractivity contribution in [3.63, 3.8) is 0 Å². The minimum Gasteiger partial charge on any atom is -0.374 e. The summed E-state index contributed by atoms with van der Waals surface area (Å²) in [5.74, 6) is 2.57. The minimum atomic E-state index is 0.294. The average Bonchev–Trinajstić information content (AvgIpc) is 2.87. The lowest BCUT2D eigenvalue weighted by Gasteiger charge is -2.12. The molecule has 18 heavy (non-hydrogen) atoms. The molecule has 1 N–H and O–H groups in total. The van der Waals surface area contributed by atoms with Crippen LogP contribution in [0.2, 0.25) is 0 Å². The molecule has 2 nitrogen and oxygen atoms in total. The van der Waals surface area contributed by atoms with Crippen molar-refractivity contribution < 1.29 is 4.74 Å². The van der Waals surface area contributed by atoms with E-state index in [4.69, 9.17) is 4.74 Å². The van der Waals surface area contributed by atoms with Gasteiger partial charge in [0.1, 0.15) is 0 Å². The maximum atomic E-state index is 5.64. The summed E-state index contributed by atoms with van der Waals surface area (Å²) in [7, 11) is 0. The molecule has 3 heteroatoms. The molecule has 0 spiro atoms. The van der Waals surface area contributed by atoms with Crippen molar-refractivity contribution in [2.75, 3.05) is 11.5 Å². The van der Waals surface area contributed by atoms with Gasteiger partial charge in [-0.2, -0.15) is 11.8 Å². The van der Waals surface area contributed by atoms with E-state index >= 15 is 0 Å². The van der Waals surface area contributed by atoms with E-state index in [9.17, 15) is 0 Å². The van der Waals surface area contributed by atoms with E-state index < -0.39 is 0 Å². The molecule has 1 aromatic rings. The Balaban J connectivity index is 1.82. The van der Waals surface area contributed by atoms with Crippen LogP contribution < -0.4 is 5.32 Å². The van der Waals surface area contributed by atoms with Gasteiger partial charge in [0, 0.05) is 18.3 Å². The van der Waals surface area contributed by atoms with Gasteiger partial charge >= 0.3 is 0 Å². The molecule has 0 saturated carbocycles. The summed E-state index contributed by atoms with van der Waals surface area (Å²) in [5, 5.41) is 3.63. The van der Waals surface area contributed by atoms with Crippen molar-refractivity contribution in [2.24, 2.45) is 0 Å². The Bertz CT molecular complexity index is 361. The number of nitrogens with one attached hydrogen (secondary N) is 1. The Morgan fingerprint density at radius 2 is 2.22 bits per heavy atom. The third-order valence-electron chi connectivity index (χ3n) is 3.10. The first kappa shape index (κ1) is 13.9. The van der Waals surface area contributed by atoms with Crippen LogP contribution in [0, 0.1) is 0 Å². The fraction of sp³-hybridized carbons (Fsp3) is 0.600. The molecule has 0 aliphatic carbocycles. The van der Waals surface area contributed by atoms with Crippen LogP contribution in [0.1, 0.15) is 31.4 Å². The summed E-state index contributed by atoms with van der Waals surface area (Å²) in [6.45, 7) is 5.83. The Labute approximate surface area is 114 Å². The quantitative estimate of drug-likeness (QED) is 0.853. The first-order valence-electron chi connectivity index (χ1n) is 6.74. The molecule has 0 bridgehead atoms. The van der Waals surface area contributed by atoms with E-state index in [1.165, 1.54) is 29.1 Å². The molecule has 0 radical (unpaired) electrons. The summed E-state index contributed by atoms with van der Waals surface area (Å²) in [6, 6.07) is 9.40. The first-order valence-corrected chi connectivity index (χ1v) is 7.90. The van der Waals surface area contributed by atoms with Gasteiger partial charge in [-0.1, -0.05) is 24.3 Å². The van der Waals surface area contributed by atoms with E-state index in [0.29, 0.717) is 18.8 Å². The number of benzene rings is 1. The van der Waals surface area contributed by atoms with Crippen molar-refractivity contribution in [1.29, 1.82) is 0 Å². The molecule has 0 aromatic heterocycles. The highest BCUT2D eigenvalue weighted by Crippen LogP contribution is 2.17. The van der Waals surface area contributed by atoms with Gasteiger partial charge in [-0.3, -0.25) is 0 Å². The van der Waals surface area contributed by atoms with Gasteiger partial charge in [0.05, 0.1) is 12.7 Å². The number of thioether (sulfide) groups is 1. The van der Waals surface area contributed by atoms with Gasteiger partial charge in [-0.25, -0.2) is 0 Å². The topological polar surface area (TPSA) is 21.3 Å². The van der Waals surface area contributed by atoms with Crippen molar-refractivity contribution >= 4 is 11.8 Å². The van der Waals surface area contributed by atoms with E-state index in [2.05, 4.69) is 43.4 Å². The van der Waals surface area contributed by atoms with Gasteiger partial charge in [-0.15, -0.1) is 0 Å². The van der Waals surface area contributed by atoms with E-state index in [1.54, 1.807) is 0 Å².